The van der Waals surface area contributed by atoms with E-state index in [1.54, 1.807) is 11.8 Å². The fourth-order valence-corrected chi connectivity index (χ4v) is 2.37. The van der Waals surface area contributed by atoms with E-state index in [2.05, 4.69) is 17.6 Å². The van der Waals surface area contributed by atoms with Gasteiger partial charge in [-0.15, -0.1) is 0 Å². The predicted molar refractivity (Wildman–Crippen MR) is 68.3 cm³/mol. The summed E-state index contributed by atoms with van der Waals surface area (Å²) < 4.78 is 0. The number of aliphatic carboxylic acids is 1. The highest BCUT2D eigenvalue weighted by Crippen LogP contribution is 2.25. The van der Waals surface area contributed by atoms with Crippen molar-refractivity contribution in [2.75, 3.05) is 12.0 Å². The Labute approximate surface area is 106 Å². The van der Waals surface area contributed by atoms with Crippen LogP contribution in [0.15, 0.2) is 0 Å². The lowest BCUT2D eigenvalue weighted by Crippen LogP contribution is -2.52. The molecule has 0 spiro atoms. The molecule has 17 heavy (non-hydrogen) atoms. The first kappa shape index (κ1) is 14.2. The van der Waals surface area contributed by atoms with Crippen LogP contribution in [0.5, 0.6) is 0 Å². The maximum absolute atomic E-state index is 11.5. The fraction of sp³-hybridized carbons (Fsp3) is 0.818. The third-order valence-electron chi connectivity index (χ3n) is 2.92. The molecule has 1 atom stereocenters. The molecule has 6 heteroatoms. The van der Waals surface area contributed by atoms with Gasteiger partial charge in [-0.05, 0) is 37.2 Å². The number of hydrogen-bond donors (Lipinski definition) is 3. The molecule has 0 aromatic rings. The third-order valence-corrected chi connectivity index (χ3v) is 3.57. The molecule has 1 fully saturated rings. The summed E-state index contributed by atoms with van der Waals surface area (Å²) in [6.45, 7) is 2.13. The van der Waals surface area contributed by atoms with Gasteiger partial charge in [0.05, 0.1) is 0 Å². The minimum Gasteiger partial charge on any atom is -0.480 e. The molecule has 2 amide bonds. The molecule has 0 aromatic heterocycles. The Morgan fingerprint density at radius 1 is 1.47 bits per heavy atom. The molecular weight excluding hydrogens is 240 g/mol. The van der Waals surface area contributed by atoms with E-state index in [1.807, 2.05) is 6.26 Å². The van der Waals surface area contributed by atoms with E-state index in [-0.39, 0.29) is 12.1 Å². The number of nitrogens with one attached hydrogen (secondary N) is 2. The summed E-state index contributed by atoms with van der Waals surface area (Å²) in [5, 5.41) is 14.2. The van der Waals surface area contributed by atoms with Crippen LogP contribution in [0, 0.1) is 5.92 Å². The fourth-order valence-electron chi connectivity index (χ4n) is 1.90. The van der Waals surface area contributed by atoms with Crippen LogP contribution in [0.1, 0.15) is 26.2 Å². The second-order valence-electron chi connectivity index (χ2n) is 4.56. The van der Waals surface area contributed by atoms with Gasteiger partial charge in [-0.3, -0.25) is 0 Å². The van der Waals surface area contributed by atoms with E-state index in [0.717, 1.165) is 18.6 Å². The van der Waals surface area contributed by atoms with Crippen LogP contribution in [-0.2, 0) is 4.79 Å². The summed E-state index contributed by atoms with van der Waals surface area (Å²) in [7, 11) is 0. The van der Waals surface area contributed by atoms with Crippen LogP contribution >= 0.6 is 11.8 Å². The molecule has 3 N–H and O–H groups in total. The van der Waals surface area contributed by atoms with Crippen LogP contribution in [0.25, 0.3) is 0 Å². The van der Waals surface area contributed by atoms with Gasteiger partial charge >= 0.3 is 12.0 Å². The predicted octanol–water partition coefficient (Wildman–Crippen LogP) is 1.29. The Balaban J connectivity index is 2.28. The highest BCUT2D eigenvalue weighted by atomic mass is 32.2. The van der Waals surface area contributed by atoms with Crippen LogP contribution in [0.3, 0.4) is 0 Å². The average Bonchev–Trinajstić information content (AvgIpc) is 2.21. The van der Waals surface area contributed by atoms with Crippen LogP contribution in [0.2, 0.25) is 0 Å². The molecule has 1 aliphatic rings. The SMILES string of the molecule is CSCC[C@@H](NC(=O)NC1CC(C)C1)C(=O)O. The number of carboxylic acid groups (broad SMARTS) is 1. The molecule has 0 aliphatic heterocycles. The van der Waals surface area contributed by atoms with Crippen molar-refractivity contribution in [3.8, 4) is 0 Å². The van der Waals surface area contributed by atoms with Gasteiger partial charge < -0.3 is 15.7 Å². The van der Waals surface area contributed by atoms with Crippen LogP contribution in [0.4, 0.5) is 4.79 Å². The molecule has 1 rings (SSSR count). The summed E-state index contributed by atoms with van der Waals surface area (Å²) >= 11 is 1.57. The molecule has 98 valence electrons. The number of hydrogen-bond acceptors (Lipinski definition) is 3. The maximum Gasteiger partial charge on any atom is 0.326 e. The number of thioether (sulfide) groups is 1. The Morgan fingerprint density at radius 2 is 2.12 bits per heavy atom. The molecule has 0 aromatic carbocycles. The standard InChI is InChI=1S/C11H20N2O3S/c1-7-5-8(6-7)12-11(16)13-9(10(14)15)3-4-17-2/h7-9H,3-6H2,1-2H3,(H,14,15)(H2,12,13,16)/t7?,8?,9-/m1/s1. The third kappa shape index (κ3) is 4.85. The molecule has 0 radical (unpaired) electrons. The van der Waals surface area contributed by atoms with Gasteiger partial charge in [-0.1, -0.05) is 6.92 Å². The molecule has 0 unspecified atom stereocenters. The molecule has 5 nitrogen and oxygen atoms in total. The van der Waals surface area contributed by atoms with E-state index in [4.69, 9.17) is 5.11 Å². The zero-order valence-corrected chi connectivity index (χ0v) is 11.0. The summed E-state index contributed by atoms with van der Waals surface area (Å²) in [6, 6.07) is -0.949. The summed E-state index contributed by atoms with van der Waals surface area (Å²) in [6.07, 6.45) is 4.33. The second-order valence-corrected chi connectivity index (χ2v) is 5.55. The van der Waals surface area contributed by atoms with Gasteiger partial charge in [0.25, 0.3) is 0 Å². The Morgan fingerprint density at radius 3 is 2.59 bits per heavy atom. The van der Waals surface area contributed by atoms with E-state index in [1.165, 1.54) is 0 Å². The van der Waals surface area contributed by atoms with Gasteiger partial charge in [0.2, 0.25) is 0 Å². The highest BCUT2D eigenvalue weighted by molar-refractivity contribution is 7.98. The van der Waals surface area contributed by atoms with Gasteiger partial charge in [-0.2, -0.15) is 11.8 Å². The van der Waals surface area contributed by atoms with Crippen LogP contribution in [-0.4, -0.2) is 41.2 Å². The lowest BCUT2D eigenvalue weighted by molar-refractivity contribution is -0.139. The summed E-state index contributed by atoms with van der Waals surface area (Å²) in [4.78, 5) is 22.4. The molecule has 0 bridgehead atoms. The molecule has 1 aliphatic carbocycles. The largest absolute Gasteiger partial charge is 0.480 e. The van der Waals surface area contributed by atoms with Crippen LogP contribution < -0.4 is 10.6 Å². The minimum atomic E-state index is -0.976. The van der Waals surface area contributed by atoms with Crippen molar-refractivity contribution in [1.29, 1.82) is 0 Å². The van der Waals surface area contributed by atoms with Crippen molar-refractivity contribution in [2.24, 2.45) is 5.92 Å². The van der Waals surface area contributed by atoms with E-state index >= 15 is 0 Å². The first-order chi connectivity index (χ1) is 8.02. The van der Waals surface area contributed by atoms with E-state index < -0.39 is 12.0 Å². The number of rotatable bonds is 6. The van der Waals surface area contributed by atoms with Crippen molar-refractivity contribution in [2.45, 2.75) is 38.3 Å². The van der Waals surface area contributed by atoms with Gasteiger partial charge in [0.1, 0.15) is 6.04 Å². The number of carbonyl (C=O) groups is 2. The Kier molecular flexibility index (Phi) is 5.61. The zero-order valence-electron chi connectivity index (χ0n) is 10.2. The second kappa shape index (κ2) is 6.74. The Bertz CT molecular complexity index is 280. The Hall–Kier alpha value is -0.910. The molecule has 0 heterocycles. The first-order valence-electron chi connectivity index (χ1n) is 5.81. The van der Waals surface area contributed by atoms with Crippen molar-refractivity contribution < 1.29 is 14.7 Å². The normalized spacial score (nSPS) is 24.6. The van der Waals surface area contributed by atoms with E-state index in [9.17, 15) is 9.59 Å². The quantitative estimate of drug-likeness (QED) is 0.672. The average molecular weight is 260 g/mol. The molecule has 1 saturated carbocycles. The smallest absolute Gasteiger partial charge is 0.326 e. The minimum absolute atomic E-state index is 0.208. The van der Waals surface area contributed by atoms with Crippen molar-refractivity contribution in [1.82, 2.24) is 10.6 Å². The molecular formula is C11H20N2O3S. The van der Waals surface area contributed by atoms with Crippen molar-refractivity contribution >= 4 is 23.8 Å². The zero-order chi connectivity index (χ0) is 12.8. The van der Waals surface area contributed by atoms with E-state index in [0.29, 0.717) is 12.3 Å². The number of amides is 2. The lowest BCUT2D eigenvalue weighted by Gasteiger charge is -2.33. The van der Waals surface area contributed by atoms with Crippen molar-refractivity contribution in [3.05, 3.63) is 0 Å². The maximum atomic E-state index is 11.5. The number of urea groups is 1. The van der Waals surface area contributed by atoms with Gasteiger partial charge in [-0.25, -0.2) is 9.59 Å². The topological polar surface area (TPSA) is 78.4 Å². The monoisotopic (exact) mass is 260 g/mol. The first-order valence-corrected chi connectivity index (χ1v) is 7.21. The van der Waals surface area contributed by atoms with Gasteiger partial charge in [0, 0.05) is 6.04 Å². The number of carboxylic acids is 1. The summed E-state index contributed by atoms with van der Waals surface area (Å²) in [5.74, 6) is 0.404. The number of carbonyl (C=O) groups excluding carboxylic acids is 1. The lowest BCUT2D eigenvalue weighted by atomic mass is 9.82. The van der Waals surface area contributed by atoms with Gasteiger partial charge in [0.15, 0.2) is 0 Å². The van der Waals surface area contributed by atoms with Crippen molar-refractivity contribution in [3.63, 3.8) is 0 Å². The highest BCUT2D eigenvalue weighted by Gasteiger charge is 2.28. The summed E-state index contributed by atoms with van der Waals surface area (Å²) in [5.41, 5.74) is 0. The molecule has 0 saturated heterocycles.